The Kier molecular flexibility index (Phi) is 2.89. The second kappa shape index (κ2) is 4.37. The topological polar surface area (TPSA) is 91.1 Å². The molecule has 7 heteroatoms. The number of nitrogens with two attached hydrogens (primary N) is 1. The normalized spacial score (nSPS) is 21.4. The molecule has 0 radical (unpaired) electrons. The standard InChI is InChI=1S/C13H17N3O3S/c1-8-12(11-3-5-19-9(11)2)15-16(13(8)14)10-4-6-20(17,18)7-10/h3,5,10H,4,6-7,14H2,1-2H3. The Hall–Kier alpha value is -1.76. The molecule has 2 aromatic rings. The fourth-order valence-corrected chi connectivity index (χ4v) is 4.35. The van der Waals surface area contributed by atoms with Gasteiger partial charge in [-0.3, -0.25) is 0 Å². The molecule has 0 saturated carbocycles. The molecule has 1 unspecified atom stereocenters. The Morgan fingerprint density at radius 2 is 2.20 bits per heavy atom. The zero-order valence-electron chi connectivity index (χ0n) is 11.5. The summed E-state index contributed by atoms with van der Waals surface area (Å²) in [5, 5.41) is 4.53. The van der Waals surface area contributed by atoms with Crippen molar-refractivity contribution in [3.8, 4) is 11.3 Å². The first kappa shape index (κ1) is 13.2. The highest BCUT2D eigenvalue weighted by molar-refractivity contribution is 7.91. The zero-order chi connectivity index (χ0) is 14.5. The molecule has 3 rings (SSSR count). The lowest BCUT2D eigenvalue weighted by atomic mass is 10.1. The van der Waals surface area contributed by atoms with E-state index in [0.717, 1.165) is 22.6 Å². The molecule has 1 atom stereocenters. The van der Waals surface area contributed by atoms with E-state index in [2.05, 4.69) is 5.10 Å². The Bertz CT molecular complexity index is 758. The fourth-order valence-electron chi connectivity index (χ4n) is 2.66. The van der Waals surface area contributed by atoms with Crippen molar-refractivity contribution in [1.29, 1.82) is 0 Å². The van der Waals surface area contributed by atoms with Crippen LogP contribution in [0.2, 0.25) is 0 Å². The predicted octanol–water partition coefficient (Wildman–Crippen LogP) is 1.70. The molecule has 1 fully saturated rings. The summed E-state index contributed by atoms with van der Waals surface area (Å²) in [4.78, 5) is 0. The number of sulfone groups is 1. The molecule has 20 heavy (non-hydrogen) atoms. The highest BCUT2D eigenvalue weighted by Crippen LogP contribution is 2.33. The van der Waals surface area contributed by atoms with Gasteiger partial charge in [0.25, 0.3) is 0 Å². The highest BCUT2D eigenvalue weighted by atomic mass is 32.2. The summed E-state index contributed by atoms with van der Waals surface area (Å²) in [6, 6.07) is 1.68. The Labute approximate surface area is 117 Å². The Balaban J connectivity index is 2.05. The first-order chi connectivity index (χ1) is 9.39. The van der Waals surface area contributed by atoms with Crippen LogP contribution in [0.4, 0.5) is 5.82 Å². The molecule has 0 amide bonds. The summed E-state index contributed by atoms with van der Waals surface area (Å²) in [5.74, 6) is 1.62. The van der Waals surface area contributed by atoms with Gasteiger partial charge in [0.2, 0.25) is 0 Å². The van der Waals surface area contributed by atoms with Gasteiger partial charge in [0.1, 0.15) is 17.3 Å². The minimum Gasteiger partial charge on any atom is -0.469 e. The van der Waals surface area contributed by atoms with Crippen LogP contribution in [0.5, 0.6) is 0 Å². The van der Waals surface area contributed by atoms with Crippen LogP contribution in [-0.2, 0) is 9.84 Å². The molecule has 2 aromatic heterocycles. The van der Waals surface area contributed by atoms with E-state index in [0.29, 0.717) is 12.2 Å². The Morgan fingerprint density at radius 3 is 2.75 bits per heavy atom. The lowest BCUT2D eigenvalue weighted by molar-refractivity contribution is 0.507. The van der Waals surface area contributed by atoms with Crippen molar-refractivity contribution in [3.63, 3.8) is 0 Å². The molecule has 0 aromatic carbocycles. The smallest absolute Gasteiger partial charge is 0.152 e. The predicted molar refractivity (Wildman–Crippen MR) is 76.1 cm³/mol. The van der Waals surface area contributed by atoms with E-state index in [4.69, 9.17) is 10.2 Å². The van der Waals surface area contributed by atoms with Gasteiger partial charge < -0.3 is 10.2 Å². The van der Waals surface area contributed by atoms with Gasteiger partial charge in [0.05, 0.1) is 23.8 Å². The van der Waals surface area contributed by atoms with Gasteiger partial charge >= 0.3 is 0 Å². The first-order valence-electron chi connectivity index (χ1n) is 6.48. The second-order valence-corrected chi connectivity index (χ2v) is 7.48. The fraction of sp³-hybridized carbons (Fsp3) is 0.462. The number of nitrogens with zero attached hydrogens (tertiary/aromatic N) is 2. The van der Waals surface area contributed by atoms with Gasteiger partial charge in [-0.1, -0.05) is 0 Å². The van der Waals surface area contributed by atoms with Crippen LogP contribution in [-0.4, -0.2) is 29.7 Å². The lowest BCUT2D eigenvalue weighted by Crippen LogP contribution is -2.14. The summed E-state index contributed by atoms with van der Waals surface area (Å²) < 4.78 is 30.2. The first-order valence-corrected chi connectivity index (χ1v) is 8.30. The van der Waals surface area contributed by atoms with E-state index in [1.165, 1.54) is 0 Å². The highest BCUT2D eigenvalue weighted by Gasteiger charge is 2.32. The number of anilines is 1. The average Bonchev–Trinajstić information content (AvgIpc) is 3.02. The molecule has 1 saturated heterocycles. The van der Waals surface area contributed by atoms with E-state index < -0.39 is 9.84 Å². The summed E-state index contributed by atoms with van der Waals surface area (Å²) in [5.41, 5.74) is 8.62. The molecule has 6 nitrogen and oxygen atoms in total. The number of rotatable bonds is 2. The summed E-state index contributed by atoms with van der Waals surface area (Å²) in [7, 11) is -2.96. The molecule has 3 heterocycles. The van der Waals surface area contributed by atoms with E-state index in [9.17, 15) is 8.42 Å². The maximum absolute atomic E-state index is 11.6. The SMILES string of the molecule is Cc1occc1-c1nn(C2CCS(=O)(=O)C2)c(N)c1C. The minimum absolute atomic E-state index is 0.113. The Morgan fingerprint density at radius 1 is 1.45 bits per heavy atom. The van der Waals surface area contributed by atoms with Gasteiger partial charge in [0, 0.05) is 11.1 Å². The van der Waals surface area contributed by atoms with E-state index in [1.54, 1.807) is 10.9 Å². The van der Waals surface area contributed by atoms with Crippen molar-refractivity contribution >= 4 is 15.7 Å². The second-order valence-electron chi connectivity index (χ2n) is 5.25. The minimum atomic E-state index is -2.96. The van der Waals surface area contributed by atoms with Crippen LogP contribution >= 0.6 is 0 Å². The molecule has 2 N–H and O–H groups in total. The summed E-state index contributed by atoms with van der Waals surface area (Å²) in [6.45, 7) is 3.76. The van der Waals surface area contributed by atoms with Crippen LogP contribution in [0.25, 0.3) is 11.3 Å². The van der Waals surface area contributed by atoms with Crippen LogP contribution < -0.4 is 5.73 Å². The van der Waals surface area contributed by atoms with Gasteiger partial charge in [-0.25, -0.2) is 13.1 Å². The van der Waals surface area contributed by atoms with E-state index >= 15 is 0 Å². The molecule has 0 aliphatic carbocycles. The van der Waals surface area contributed by atoms with Crippen molar-refractivity contribution in [3.05, 3.63) is 23.7 Å². The number of aromatic nitrogens is 2. The number of hydrogen-bond acceptors (Lipinski definition) is 5. The third-order valence-corrected chi connectivity index (χ3v) is 5.61. The van der Waals surface area contributed by atoms with Crippen LogP contribution in [0.1, 0.15) is 23.8 Å². The largest absolute Gasteiger partial charge is 0.469 e. The van der Waals surface area contributed by atoms with Gasteiger partial charge in [0.15, 0.2) is 9.84 Å². The summed E-state index contributed by atoms with van der Waals surface area (Å²) >= 11 is 0. The van der Waals surface area contributed by atoms with Crippen LogP contribution in [0, 0.1) is 13.8 Å². The summed E-state index contributed by atoms with van der Waals surface area (Å²) in [6.07, 6.45) is 2.18. The van der Waals surface area contributed by atoms with Gasteiger partial charge in [-0.15, -0.1) is 0 Å². The molecular weight excluding hydrogens is 278 g/mol. The third kappa shape index (κ3) is 2.02. The number of hydrogen-bond donors (Lipinski definition) is 1. The molecule has 1 aliphatic heterocycles. The zero-order valence-corrected chi connectivity index (χ0v) is 12.3. The van der Waals surface area contributed by atoms with E-state index in [1.807, 2.05) is 19.9 Å². The maximum atomic E-state index is 11.6. The maximum Gasteiger partial charge on any atom is 0.152 e. The van der Waals surface area contributed by atoms with Gasteiger partial charge in [-0.2, -0.15) is 5.10 Å². The van der Waals surface area contributed by atoms with Crippen LogP contribution in [0.3, 0.4) is 0 Å². The molecule has 108 valence electrons. The van der Waals surface area contributed by atoms with Crippen molar-refractivity contribution in [2.75, 3.05) is 17.2 Å². The lowest BCUT2D eigenvalue weighted by Gasteiger charge is -2.10. The van der Waals surface area contributed by atoms with Crippen molar-refractivity contribution in [2.24, 2.45) is 0 Å². The van der Waals surface area contributed by atoms with Crippen molar-refractivity contribution in [2.45, 2.75) is 26.3 Å². The van der Waals surface area contributed by atoms with Crippen molar-refractivity contribution in [1.82, 2.24) is 9.78 Å². The molecule has 1 aliphatic rings. The van der Waals surface area contributed by atoms with Crippen molar-refractivity contribution < 1.29 is 12.8 Å². The quantitative estimate of drug-likeness (QED) is 0.910. The number of nitrogen functional groups attached to an aromatic ring is 1. The number of aryl methyl sites for hydroxylation is 1. The average molecular weight is 295 g/mol. The van der Waals surface area contributed by atoms with E-state index in [-0.39, 0.29) is 17.5 Å². The third-order valence-electron chi connectivity index (χ3n) is 3.86. The van der Waals surface area contributed by atoms with Gasteiger partial charge in [-0.05, 0) is 26.3 Å². The molecular formula is C13H17N3O3S. The monoisotopic (exact) mass is 295 g/mol. The number of furan rings is 1. The van der Waals surface area contributed by atoms with Crippen LogP contribution in [0.15, 0.2) is 16.7 Å². The molecule has 0 bridgehead atoms. The molecule has 0 spiro atoms.